The van der Waals surface area contributed by atoms with Crippen molar-refractivity contribution in [2.24, 2.45) is 0 Å². The molecule has 0 fully saturated rings. The van der Waals surface area contributed by atoms with Crippen molar-refractivity contribution >= 4 is 28.1 Å². The minimum atomic E-state index is -0.899. The highest BCUT2D eigenvalue weighted by molar-refractivity contribution is 5.91. The van der Waals surface area contributed by atoms with Crippen molar-refractivity contribution in [2.45, 2.75) is 38.8 Å². The molecular weight excluding hydrogens is 448 g/mol. The summed E-state index contributed by atoms with van der Waals surface area (Å²) in [5.74, 6) is 0.0389. The number of carboxylic acid groups (broad SMARTS) is 1. The maximum atomic E-state index is 12.0. The predicted octanol–water partition coefficient (Wildman–Crippen LogP) is 6.91. The number of nitrogens with one attached hydrogen (secondary N) is 1. The minimum absolute atomic E-state index is 0.102. The van der Waals surface area contributed by atoms with Crippen LogP contribution in [-0.2, 0) is 0 Å². The summed E-state index contributed by atoms with van der Waals surface area (Å²) in [5, 5.41) is 16.0. The van der Waals surface area contributed by atoms with Crippen LogP contribution in [0.3, 0.4) is 0 Å². The highest BCUT2D eigenvalue weighted by Crippen LogP contribution is 2.39. The molecule has 0 saturated carbocycles. The molecule has 0 aliphatic carbocycles. The molecule has 184 valence electrons. The lowest BCUT2D eigenvalue weighted by Gasteiger charge is -2.37. The first-order valence-corrected chi connectivity index (χ1v) is 12.5. The summed E-state index contributed by atoms with van der Waals surface area (Å²) >= 11 is 0. The van der Waals surface area contributed by atoms with Crippen LogP contribution in [0.15, 0.2) is 84.9 Å². The number of benzene rings is 4. The Morgan fingerprint density at radius 2 is 1.72 bits per heavy atom. The summed E-state index contributed by atoms with van der Waals surface area (Å²) in [6.45, 7) is 7.49. The third-order valence-electron chi connectivity index (χ3n) is 6.98. The maximum Gasteiger partial charge on any atom is 0.336 e. The molecule has 5 heteroatoms. The molecule has 0 aromatic heterocycles. The zero-order valence-electron chi connectivity index (χ0n) is 20.9. The fraction of sp³-hybridized carbons (Fsp3) is 0.258. The molecule has 0 amide bonds. The molecule has 2 atom stereocenters. The number of para-hydroxylation sites is 2. The molecule has 1 heterocycles. The summed E-state index contributed by atoms with van der Waals surface area (Å²) in [6.07, 6.45) is -0.102. The normalized spacial score (nSPS) is 16.0. The second-order valence-electron chi connectivity index (χ2n) is 9.75. The lowest BCUT2D eigenvalue weighted by atomic mass is 9.96. The number of ether oxygens (including phenoxy) is 1. The standard InChI is InChI=1S/C31H32N2O3/c1-20(2)25-16-15-23(17-28(25)31(34)35)33-19-24(36-30-14-7-6-13-29(30)33)18-32-21(3)26-12-8-10-22-9-4-5-11-27(22)26/h4-17,20-21,24,32H,18-19H2,1-3H3,(H,34,35)/t21-,24?/m1/s1. The Labute approximate surface area is 212 Å². The average molecular weight is 481 g/mol. The van der Waals surface area contributed by atoms with Crippen LogP contribution in [0.2, 0.25) is 0 Å². The monoisotopic (exact) mass is 480 g/mol. The van der Waals surface area contributed by atoms with Gasteiger partial charge in [0, 0.05) is 18.3 Å². The van der Waals surface area contributed by atoms with E-state index in [-0.39, 0.29) is 18.1 Å². The first-order chi connectivity index (χ1) is 17.4. The van der Waals surface area contributed by atoms with Gasteiger partial charge in [-0.25, -0.2) is 4.79 Å². The van der Waals surface area contributed by atoms with Crippen molar-refractivity contribution < 1.29 is 14.6 Å². The molecule has 5 rings (SSSR count). The molecule has 0 radical (unpaired) electrons. The van der Waals surface area contributed by atoms with Gasteiger partial charge in [0.25, 0.3) is 0 Å². The van der Waals surface area contributed by atoms with Crippen LogP contribution in [-0.4, -0.2) is 30.3 Å². The molecule has 0 saturated heterocycles. The predicted molar refractivity (Wildman–Crippen MR) is 146 cm³/mol. The van der Waals surface area contributed by atoms with E-state index in [9.17, 15) is 9.90 Å². The zero-order valence-corrected chi connectivity index (χ0v) is 20.9. The molecule has 1 unspecified atom stereocenters. The fourth-order valence-electron chi connectivity index (χ4n) is 5.10. The van der Waals surface area contributed by atoms with Crippen LogP contribution in [0.5, 0.6) is 5.75 Å². The van der Waals surface area contributed by atoms with Gasteiger partial charge in [-0.2, -0.15) is 0 Å². The topological polar surface area (TPSA) is 61.8 Å². The molecule has 4 aromatic carbocycles. The third-order valence-corrected chi connectivity index (χ3v) is 6.98. The van der Waals surface area contributed by atoms with Crippen molar-refractivity contribution in [1.29, 1.82) is 0 Å². The van der Waals surface area contributed by atoms with Crippen LogP contribution >= 0.6 is 0 Å². The summed E-state index contributed by atoms with van der Waals surface area (Å²) in [6, 6.07) is 28.7. The van der Waals surface area contributed by atoms with Gasteiger partial charge >= 0.3 is 5.97 Å². The van der Waals surface area contributed by atoms with E-state index < -0.39 is 5.97 Å². The number of rotatable bonds is 7. The van der Waals surface area contributed by atoms with E-state index in [2.05, 4.69) is 59.6 Å². The van der Waals surface area contributed by atoms with Crippen molar-refractivity contribution in [1.82, 2.24) is 5.32 Å². The lowest BCUT2D eigenvalue weighted by molar-refractivity contribution is 0.0695. The summed E-state index contributed by atoms with van der Waals surface area (Å²) < 4.78 is 6.38. The Morgan fingerprint density at radius 3 is 2.53 bits per heavy atom. The van der Waals surface area contributed by atoms with Crippen molar-refractivity contribution in [3.8, 4) is 5.75 Å². The fourth-order valence-corrected chi connectivity index (χ4v) is 5.10. The Kier molecular flexibility index (Phi) is 6.66. The van der Waals surface area contributed by atoms with Gasteiger partial charge in [0.15, 0.2) is 0 Å². The van der Waals surface area contributed by atoms with Gasteiger partial charge < -0.3 is 20.1 Å². The number of hydrogen-bond acceptors (Lipinski definition) is 4. The zero-order chi connectivity index (χ0) is 25.2. The molecule has 36 heavy (non-hydrogen) atoms. The minimum Gasteiger partial charge on any atom is -0.485 e. The number of anilines is 2. The van der Waals surface area contributed by atoms with Crippen molar-refractivity contribution in [3.05, 3.63) is 102 Å². The van der Waals surface area contributed by atoms with E-state index >= 15 is 0 Å². The van der Waals surface area contributed by atoms with Crippen LogP contribution in [0.1, 0.15) is 54.2 Å². The van der Waals surface area contributed by atoms with Crippen molar-refractivity contribution in [3.63, 3.8) is 0 Å². The molecular formula is C31H32N2O3. The van der Waals surface area contributed by atoms with Gasteiger partial charge in [0.1, 0.15) is 11.9 Å². The number of hydrogen-bond donors (Lipinski definition) is 2. The Hall–Kier alpha value is -3.83. The number of carbonyl (C=O) groups is 1. The van der Waals surface area contributed by atoms with Gasteiger partial charge in [0.2, 0.25) is 0 Å². The van der Waals surface area contributed by atoms with E-state index in [0.29, 0.717) is 18.7 Å². The summed E-state index contributed by atoms with van der Waals surface area (Å²) in [4.78, 5) is 14.2. The van der Waals surface area contributed by atoms with E-state index in [1.54, 1.807) is 6.07 Å². The Balaban J connectivity index is 1.40. The molecule has 0 bridgehead atoms. The van der Waals surface area contributed by atoms with E-state index in [1.165, 1.54) is 16.3 Å². The van der Waals surface area contributed by atoms with E-state index in [4.69, 9.17) is 4.74 Å². The maximum absolute atomic E-state index is 12.0. The highest BCUT2D eigenvalue weighted by Gasteiger charge is 2.28. The van der Waals surface area contributed by atoms with Gasteiger partial charge in [-0.1, -0.05) is 74.5 Å². The first kappa shape index (κ1) is 23.9. The summed E-state index contributed by atoms with van der Waals surface area (Å²) in [5.41, 5.74) is 4.27. The molecule has 1 aliphatic rings. The molecule has 5 nitrogen and oxygen atoms in total. The number of aromatic carboxylic acids is 1. The quantitative estimate of drug-likeness (QED) is 0.301. The average Bonchev–Trinajstić information content (AvgIpc) is 2.90. The second kappa shape index (κ2) is 10.0. The van der Waals surface area contributed by atoms with Crippen LogP contribution in [0, 0.1) is 0 Å². The van der Waals surface area contributed by atoms with Crippen LogP contribution < -0.4 is 15.0 Å². The summed E-state index contributed by atoms with van der Waals surface area (Å²) in [7, 11) is 0. The largest absolute Gasteiger partial charge is 0.485 e. The molecule has 0 spiro atoms. The van der Waals surface area contributed by atoms with Crippen molar-refractivity contribution in [2.75, 3.05) is 18.0 Å². The van der Waals surface area contributed by atoms with Gasteiger partial charge in [-0.15, -0.1) is 0 Å². The lowest BCUT2D eigenvalue weighted by Crippen LogP contribution is -2.44. The smallest absolute Gasteiger partial charge is 0.336 e. The highest BCUT2D eigenvalue weighted by atomic mass is 16.5. The SMILES string of the molecule is CC(C)c1ccc(N2CC(CN[C@H](C)c3cccc4ccccc34)Oc3ccccc32)cc1C(=O)O. The number of nitrogens with zero attached hydrogens (tertiary/aromatic N) is 1. The van der Waals surface area contributed by atoms with E-state index in [1.807, 2.05) is 50.2 Å². The molecule has 2 N–H and O–H groups in total. The number of carboxylic acids is 1. The van der Waals surface area contributed by atoms with E-state index in [0.717, 1.165) is 22.7 Å². The van der Waals surface area contributed by atoms with Gasteiger partial charge in [-0.3, -0.25) is 0 Å². The Bertz CT molecular complexity index is 1390. The van der Waals surface area contributed by atoms with Gasteiger partial charge in [-0.05, 0) is 59.0 Å². The first-order valence-electron chi connectivity index (χ1n) is 12.5. The second-order valence-corrected chi connectivity index (χ2v) is 9.75. The molecule has 1 aliphatic heterocycles. The third kappa shape index (κ3) is 4.67. The Morgan fingerprint density at radius 1 is 0.972 bits per heavy atom. The van der Waals surface area contributed by atoms with Gasteiger partial charge in [0.05, 0.1) is 17.8 Å². The van der Waals surface area contributed by atoms with Crippen LogP contribution in [0.25, 0.3) is 10.8 Å². The molecule has 4 aromatic rings. The number of fused-ring (bicyclic) bond motifs is 2. The van der Waals surface area contributed by atoms with Crippen LogP contribution in [0.4, 0.5) is 11.4 Å².